The Kier molecular flexibility index (Phi) is 7.47. The van der Waals surface area contributed by atoms with Crippen molar-refractivity contribution in [2.75, 3.05) is 44.3 Å². The number of para-hydroxylation sites is 1. The molecule has 0 radical (unpaired) electrons. The topological polar surface area (TPSA) is 45.7 Å². The summed E-state index contributed by atoms with van der Waals surface area (Å²) in [4.78, 5) is 22.7. The van der Waals surface area contributed by atoms with Gasteiger partial charge in [-0.15, -0.1) is 12.4 Å². The lowest BCUT2D eigenvalue weighted by molar-refractivity contribution is 0.0391. The van der Waals surface area contributed by atoms with Crippen LogP contribution in [0, 0.1) is 20.8 Å². The number of nitrogens with zero attached hydrogens (tertiary/aromatic N) is 3. The van der Waals surface area contributed by atoms with E-state index in [-0.39, 0.29) is 18.3 Å². The van der Waals surface area contributed by atoms with Gasteiger partial charge in [0.15, 0.2) is 5.13 Å². The van der Waals surface area contributed by atoms with E-state index in [9.17, 15) is 4.79 Å². The van der Waals surface area contributed by atoms with Gasteiger partial charge in [-0.1, -0.05) is 41.2 Å². The van der Waals surface area contributed by atoms with E-state index in [2.05, 4.69) is 24.0 Å². The summed E-state index contributed by atoms with van der Waals surface area (Å²) in [6, 6.07) is 12.2. The van der Waals surface area contributed by atoms with E-state index in [1.54, 1.807) is 11.3 Å². The largest absolute Gasteiger partial charge is 0.379 e. The molecule has 0 N–H and O–H groups in total. The first-order chi connectivity index (χ1) is 14.0. The van der Waals surface area contributed by atoms with Crippen molar-refractivity contribution >= 4 is 45.0 Å². The minimum atomic E-state index is 0. The average Bonchev–Trinajstić information content (AvgIpc) is 3.16. The number of hydrogen-bond acceptors (Lipinski definition) is 5. The molecule has 2 aromatic carbocycles. The first-order valence-electron chi connectivity index (χ1n) is 10.1. The number of halogens is 1. The molecular weight excluding hydrogens is 418 g/mol. The van der Waals surface area contributed by atoms with Crippen LogP contribution in [0.3, 0.4) is 0 Å². The molecule has 5 nitrogen and oxygen atoms in total. The standard InChI is InChI=1S/C23H27N3O2S.ClH/c1-16-7-8-17(2)19(15-16)22(27)26(10-9-25-11-13-28-14-12-25)23-24-21-18(3)5-4-6-20(21)29-23;/h4-8,15H,9-14H2,1-3H3;1H. The Labute approximate surface area is 188 Å². The van der Waals surface area contributed by atoms with Crippen molar-refractivity contribution in [3.8, 4) is 0 Å². The van der Waals surface area contributed by atoms with Gasteiger partial charge < -0.3 is 4.74 Å². The molecule has 4 rings (SSSR count). The summed E-state index contributed by atoms with van der Waals surface area (Å²) in [6.45, 7) is 10.8. The van der Waals surface area contributed by atoms with E-state index in [0.717, 1.165) is 70.5 Å². The van der Waals surface area contributed by atoms with Crippen molar-refractivity contribution in [1.29, 1.82) is 0 Å². The lowest BCUT2D eigenvalue weighted by Crippen LogP contribution is -2.43. The molecule has 160 valence electrons. The smallest absolute Gasteiger partial charge is 0.260 e. The van der Waals surface area contributed by atoms with Crippen molar-refractivity contribution in [2.24, 2.45) is 0 Å². The van der Waals surface area contributed by atoms with Crippen molar-refractivity contribution in [1.82, 2.24) is 9.88 Å². The first-order valence-corrected chi connectivity index (χ1v) is 10.9. The Hall–Kier alpha value is -1.99. The lowest BCUT2D eigenvalue weighted by Gasteiger charge is -2.29. The maximum Gasteiger partial charge on any atom is 0.260 e. The summed E-state index contributed by atoms with van der Waals surface area (Å²) in [5, 5.41) is 0.772. The molecule has 7 heteroatoms. The molecule has 2 heterocycles. The summed E-state index contributed by atoms with van der Waals surface area (Å²) in [5.41, 5.74) is 4.96. The highest BCUT2D eigenvalue weighted by atomic mass is 35.5. The van der Waals surface area contributed by atoms with Gasteiger partial charge in [-0.05, 0) is 44.0 Å². The monoisotopic (exact) mass is 445 g/mol. The van der Waals surface area contributed by atoms with E-state index in [1.807, 2.05) is 43.0 Å². The molecule has 30 heavy (non-hydrogen) atoms. The second kappa shape index (κ2) is 9.88. The first kappa shape index (κ1) is 22.7. The normalized spacial score (nSPS) is 14.5. The minimum absolute atomic E-state index is 0. The van der Waals surface area contributed by atoms with Crippen LogP contribution in [0.1, 0.15) is 27.0 Å². The molecule has 0 unspecified atom stereocenters. The number of hydrogen-bond donors (Lipinski definition) is 0. The highest BCUT2D eigenvalue weighted by Crippen LogP contribution is 2.31. The van der Waals surface area contributed by atoms with Crippen LogP contribution < -0.4 is 4.90 Å². The van der Waals surface area contributed by atoms with Gasteiger partial charge in [0.05, 0.1) is 23.4 Å². The molecule has 1 aromatic heterocycles. The summed E-state index contributed by atoms with van der Waals surface area (Å²) in [7, 11) is 0. The highest BCUT2D eigenvalue weighted by molar-refractivity contribution is 7.22. The molecule has 1 fully saturated rings. The van der Waals surface area contributed by atoms with Crippen molar-refractivity contribution in [2.45, 2.75) is 20.8 Å². The zero-order valence-corrected chi connectivity index (χ0v) is 19.3. The third-order valence-electron chi connectivity index (χ3n) is 5.45. The Morgan fingerprint density at radius 1 is 1.13 bits per heavy atom. The molecule has 0 atom stereocenters. The van der Waals surface area contributed by atoms with Gasteiger partial charge in [0, 0.05) is 31.7 Å². The number of aryl methyl sites for hydroxylation is 3. The fourth-order valence-electron chi connectivity index (χ4n) is 3.65. The van der Waals surface area contributed by atoms with E-state index in [0.29, 0.717) is 6.54 Å². The van der Waals surface area contributed by atoms with Crippen LogP contribution in [0.5, 0.6) is 0 Å². The molecular formula is C23H28ClN3O2S. The van der Waals surface area contributed by atoms with Crippen molar-refractivity contribution in [3.05, 3.63) is 58.7 Å². The van der Waals surface area contributed by atoms with Gasteiger partial charge >= 0.3 is 0 Å². The molecule has 0 bridgehead atoms. The SMILES string of the molecule is Cc1ccc(C)c(C(=O)N(CCN2CCOCC2)c2nc3c(C)cccc3s2)c1.Cl. The molecule has 1 amide bonds. The predicted octanol–water partition coefficient (Wildman–Crippen LogP) is 4.62. The second-order valence-electron chi connectivity index (χ2n) is 7.65. The van der Waals surface area contributed by atoms with E-state index < -0.39 is 0 Å². The number of benzene rings is 2. The number of thiazole rings is 1. The fraction of sp³-hybridized carbons (Fsp3) is 0.391. The van der Waals surface area contributed by atoms with Gasteiger partial charge in [-0.3, -0.25) is 14.6 Å². The van der Waals surface area contributed by atoms with Crippen LogP contribution in [0.25, 0.3) is 10.2 Å². The predicted molar refractivity (Wildman–Crippen MR) is 126 cm³/mol. The Balaban J connectivity index is 0.00000256. The van der Waals surface area contributed by atoms with Crippen LogP contribution >= 0.6 is 23.7 Å². The molecule has 0 aliphatic carbocycles. The van der Waals surface area contributed by atoms with E-state index >= 15 is 0 Å². The van der Waals surface area contributed by atoms with Gasteiger partial charge in [-0.25, -0.2) is 4.98 Å². The third-order valence-corrected chi connectivity index (χ3v) is 6.50. The third kappa shape index (κ3) is 4.83. The number of morpholine rings is 1. The molecule has 1 aliphatic rings. The quantitative estimate of drug-likeness (QED) is 0.574. The van der Waals surface area contributed by atoms with Gasteiger partial charge in [-0.2, -0.15) is 0 Å². The molecule has 0 spiro atoms. The maximum atomic E-state index is 13.6. The fourth-order valence-corrected chi connectivity index (χ4v) is 4.72. The van der Waals surface area contributed by atoms with Crippen LogP contribution in [0.15, 0.2) is 36.4 Å². The van der Waals surface area contributed by atoms with Crippen LogP contribution in [0.4, 0.5) is 5.13 Å². The number of carbonyl (C=O) groups is 1. The second-order valence-corrected chi connectivity index (χ2v) is 8.66. The van der Waals surface area contributed by atoms with E-state index in [1.165, 1.54) is 0 Å². The Morgan fingerprint density at radius 3 is 2.63 bits per heavy atom. The Morgan fingerprint density at radius 2 is 1.90 bits per heavy atom. The molecule has 3 aromatic rings. The maximum absolute atomic E-state index is 13.6. The summed E-state index contributed by atoms with van der Waals surface area (Å²) in [5.74, 6) is 0.0242. The lowest BCUT2D eigenvalue weighted by atomic mass is 10.0. The van der Waals surface area contributed by atoms with Crippen molar-refractivity contribution in [3.63, 3.8) is 0 Å². The van der Waals surface area contributed by atoms with E-state index in [4.69, 9.17) is 9.72 Å². The minimum Gasteiger partial charge on any atom is -0.379 e. The molecule has 1 aliphatic heterocycles. The molecule has 1 saturated heterocycles. The Bertz CT molecular complexity index is 1030. The van der Waals surface area contributed by atoms with Crippen LogP contribution in [0.2, 0.25) is 0 Å². The number of anilines is 1. The number of amides is 1. The van der Waals surface area contributed by atoms with Crippen molar-refractivity contribution < 1.29 is 9.53 Å². The summed E-state index contributed by atoms with van der Waals surface area (Å²) < 4.78 is 6.57. The summed E-state index contributed by atoms with van der Waals surface area (Å²) in [6.07, 6.45) is 0. The highest BCUT2D eigenvalue weighted by Gasteiger charge is 2.24. The van der Waals surface area contributed by atoms with Gasteiger partial charge in [0.2, 0.25) is 0 Å². The van der Waals surface area contributed by atoms with Gasteiger partial charge in [0.1, 0.15) is 0 Å². The molecule has 0 saturated carbocycles. The van der Waals surface area contributed by atoms with Gasteiger partial charge in [0.25, 0.3) is 5.91 Å². The zero-order chi connectivity index (χ0) is 20.4. The van der Waals surface area contributed by atoms with Crippen LogP contribution in [-0.4, -0.2) is 55.2 Å². The number of rotatable bonds is 5. The number of fused-ring (bicyclic) bond motifs is 1. The average molecular weight is 446 g/mol. The number of ether oxygens (including phenoxy) is 1. The summed E-state index contributed by atoms with van der Waals surface area (Å²) >= 11 is 1.59. The number of carbonyl (C=O) groups excluding carboxylic acids is 1. The van der Waals surface area contributed by atoms with Crippen LogP contribution in [-0.2, 0) is 4.74 Å². The zero-order valence-electron chi connectivity index (χ0n) is 17.7. The number of aromatic nitrogens is 1.